The molecule has 1 saturated heterocycles. The van der Waals surface area contributed by atoms with Gasteiger partial charge in [-0.3, -0.25) is 0 Å². The van der Waals surface area contributed by atoms with E-state index in [4.69, 9.17) is 4.74 Å². The molecule has 0 aromatic rings. The normalized spacial score (nSPS) is 39.8. The molecule has 0 aromatic heterocycles. The van der Waals surface area contributed by atoms with Crippen molar-refractivity contribution in [2.24, 2.45) is 0 Å². The molecule has 0 aromatic carbocycles. The summed E-state index contributed by atoms with van der Waals surface area (Å²) in [6.45, 7) is 6.11. The summed E-state index contributed by atoms with van der Waals surface area (Å²) in [6.07, 6.45) is 0.392. The third-order valence-electron chi connectivity index (χ3n) is 1.65. The maximum atomic E-state index is 5.33. The first-order chi connectivity index (χ1) is 3.80. The van der Waals surface area contributed by atoms with Gasteiger partial charge in [-0.1, -0.05) is 0 Å². The van der Waals surface area contributed by atoms with Crippen molar-refractivity contribution in [3.63, 3.8) is 0 Å². The average Bonchev–Trinajstić information content (AvgIpc) is 1.77. The number of ether oxygens (including phenoxy) is 1. The van der Waals surface area contributed by atoms with E-state index in [0.29, 0.717) is 12.1 Å². The Morgan fingerprint density at radius 1 is 1.50 bits per heavy atom. The van der Waals surface area contributed by atoms with Crippen LogP contribution in [0.15, 0.2) is 0 Å². The summed E-state index contributed by atoms with van der Waals surface area (Å²) in [4.78, 5) is 0. The van der Waals surface area contributed by atoms with Crippen molar-refractivity contribution >= 4 is 0 Å². The fourth-order valence-corrected chi connectivity index (χ4v) is 0.842. The summed E-state index contributed by atoms with van der Waals surface area (Å²) >= 11 is 0. The first-order valence-corrected chi connectivity index (χ1v) is 3.15. The Hall–Kier alpha value is -0.0800. The molecule has 0 aliphatic carbocycles. The molecule has 2 atom stereocenters. The fraction of sp³-hybridized carbons (Fsp3) is 1.00. The lowest BCUT2D eigenvalue weighted by Crippen LogP contribution is -2.44. The molecule has 1 N–H and O–H groups in total. The largest absolute Gasteiger partial charge is 0.376 e. The third kappa shape index (κ3) is 1.20. The van der Waals surface area contributed by atoms with Gasteiger partial charge in [0.05, 0.1) is 12.7 Å². The monoisotopic (exact) mass is 115 g/mol. The summed E-state index contributed by atoms with van der Waals surface area (Å²) in [5.41, 5.74) is 0. The van der Waals surface area contributed by atoms with Gasteiger partial charge in [0.15, 0.2) is 0 Å². The molecule has 0 spiro atoms. The quantitative estimate of drug-likeness (QED) is 0.493. The SMILES string of the molecule is C[C@@H]1OCCN[C@@H]1C. The Bertz CT molecular complexity index is 64.9. The van der Waals surface area contributed by atoms with Crippen molar-refractivity contribution in [3.8, 4) is 0 Å². The Balaban J connectivity index is 2.28. The van der Waals surface area contributed by atoms with Crippen LogP contribution in [0.25, 0.3) is 0 Å². The van der Waals surface area contributed by atoms with E-state index >= 15 is 0 Å². The van der Waals surface area contributed by atoms with Gasteiger partial charge in [0, 0.05) is 12.6 Å². The van der Waals surface area contributed by atoms with Crippen LogP contribution in [0.5, 0.6) is 0 Å². The van der Waals surface area contributed by atoms with Crippen molar-refractivity contribution in [2.75, 3.05) is 13.2 Å². The molecule has 1 fully saturated rings. The van der Waals surface area contributed by atoms with Crippen LogP contribution in [0.3, 0.4) is 0 Å². The van der Waals surface area contributed by atoms with Gasteiger partial charge in [-0.15, -0.1) is 0 Å². The first-order valence-electron chi connectivity index (χ1n) is 3.15. The van der Waals surface area contributed by atoms with Crippen LogP contribution in [-0.4, -0.2) is 25.3 Å². The van der Waals surface area contributed by atoms with E-state index in [2.05, 4.69) is 19.2 Å². The van der Waals surface area contributed by atoms with Crippen molar-refractivity contribution in [1.29, 1.82) is 0 Å². The lowest BCUT2D eigenvalue weighted by Gasteiger charge is -2.26. The molecule has 1 aliphatic heterocycles. The molecule has 1 aliphatic rings. The van der Waals surface area contributed by atoms with E-state index in [1.165, 1.54) is 0 Å². The molecule has 2 nitrogen and oxygen atoms in total. The van der Waals surface area contributed by atoms with E-state index in [9.17, 15) is 0 Å². The van der Waals surface area contributed by atoms with Crippen molar-refractivity contribution in [2.45, 2.75) is 26.0 Å². The second-order valence-electron chi connectivity index (χ2n) is 2.32. The molecular formula is C6H13NO. The van der Waals surface area contributed by atoms with Gasteiger partial charge in [0.1, 0.15) is 0 Å². The molecule has 0 unspecified atom stereocenters. The van der Waals surface area contributed by atoms with Gasteiger partial charge in [-0.25, -0.2) is 0 Å². The number of hydrogen-bond acceptors (Lipinski definition) is 2. The van der Waals surface area contributed by atoms with Crippen LogP contribution in [0.2, 0.25) is 0 Å². The zero-order valence-corrected chi connectivity index (χ0v) is 5.48. The van der Waals surface area contributed by atoms with Gasteiger partial charge in [-0.2, -0.15) is 0 Å². The minimum Gasteiger partial charge on any atom is -0.376 e. The second-order valence-corrected chi connectivity index (χ2v) is 2.32. The van der Waals surface area contributed by atoms with Gasteiger partial charge in [0.25, 0.3) is 0 Å². The van der Waals surface area contributed by atoms with Crippen LogP contribution >= 0.6 is 0 Å². The van der Waals surface area contributed by atoms with Crippen molar-refractivity contribution in [1.82, 2.24) is 5.32 Å². The highest BCUT2D eigenvalue weighted by molar-refractivity contribution is 4.71. The Labute approximate surface area is 50.2 Å². The number of hydrogen-bond donors (Lipinski definition) is 1. The summed E-state index contributed by atoms with van der Waals surface area (Å²) in [5.74, 6) is 0. The summed E-state index contributed by atoms with van der Waals surface area (Å²) in [7, 11) is 0. The molecule has 48 valence electrons. The second kappa shape index (κ2) is 2.46. The van der Waals surface area contributed by atoms with Gasteiger partial charge in [-0.05, 0) is 13.8 Å². The number of morpholine rings is 1. The van der Waals surface area contributed by atoms with E-state index in [1.54, 1.807) is 0 Å². The highest BCUT2D eigenvalue weighted by Gasteiger charge is 2.15. The predicted octanol–water partition coefficient (Wildman–Crippen LogP) is 0.383. The van der Waals surface area contributed by atoms with Crippen LogP contribution in [0.1, 0.15) is 13.8 Å². The van der Waals surface area contributed by atoms with Crippen LogP contribution in [0, 0.1) is 0 Å². The van der Waals surface area contributed by atoms with E-state index < -0.39 is 0 Å². The highest BCUT2D eigenvalue weighted by Crippen LogP contribution is 2.00. The Morgan fingerprint density at radius 3 is 2.62 bits per heavy atom. The average molecular weight is 115 g/mol. The van der Waals surface area contributed by atoms with Crippen molar-refractivity contribution in [3.05, 3.63) is 0 Å². The molecule has 0 bridgehead atoms. The molecule has 1 heterocycles. The van der Waals surface area contributed by atoms with Crippen LogP contribution < -0.4 is 5.32 Å². The van der Waals surface area contributed by atoms with E-state index in [1.807, 2.05) is 0 Å². The summed E-state index contributed by atoms with van der Waals surface area (Å²) in [6, 6.07) is 0.531. The Kier molecular flexibility index (Phi) is 1.86. The topological polar surface area (TPSA) is 21.3 Å². The maximum absolute atomic E-state index is 5.33. The molecule has 8 heavy (non-hydrogen) atoms. The number of rotatable bonds is 0. The molecule has 0 amide bonds. The van der Waals surface area contributed by atoms with Gasteiger partial charge < -0.3 is 10.1 Å². The summed E-state index contributed by atoms with van der Waals surface area (Å²) < 4.78 is 5.33. The molecule has 2 heteroatoms. The minimum atomic E-state index is 0.392. The molecule has 0 radical (unpaired) electrons. The smallest absolute Gasteiger partial charge is 0.0697 e. The minimum absolute atomic E-state index is 0.392. The van der Waals surface area contributed by atoms with Gasteiger partial charge >= 0.3 is 0 Å². The summed E-state index contributed by atoms with van der Waals surface area (Å²) in [5, 5.41) is 3.31. The maximum Gasteiger partial charge on any atom is 0.0697 e. The fourth-order valence-electron chi connectivity index (χ4n) is 0.842. The third-order valence-corrected chi connectivity index (χ3v) is 1.65. The first kappa shape index (κ1) is 6.05. The van der Waals surface area contributed by atoms with Gasteiger partial charge in [0.2, 0.25) is 0 Å². The molecule has 1 rings (SSSR count). The van der Waals surface area contributed by atoms with Crippen LogP contribution in [-0.2, 0) is 4.74 Å². The lowest BCUT2D eigenvalue weighted by atomic mass is 10.2. The van der Waals surface area contributed by atoms with Crippen molar-refractivity contribution < 1.29 is 4.74 Å². The van der Waals surface area contributed by atoms with E-state index in [0.717, 1.165) is 13.2 Å². The number of nitrogens with one attached hydrogen (secondary N) is 1. The zero-order valence-electron chi connectivity index (χ0n) is 5.48. The Morgan fingerprint density at radius 2 is 2.25 bits per heavy atom. The highest BCUT2D eigenvalue weighted by atomic mass is 16.5. The standard InChI is InChI=1S/C6H13NO/c1-5-6(2)8-4-3-7-5/h5-7H,3-4H2,1-2H3/t5-,6+/m1/s1. The lowest BCUT2D eigenvalue weighted by molar-refractivity contribution is 0.0135. The predicted molar refractivity (Wildman–Crippen MR) is 32.9 cm³/mol. The zero-order chi connectivity index (χ0) is 5.98. The van der Waals surface area contributed by atoms with Crippen LogP contribution in [0.4, 0.5) is 0 Å². The molecule has 0 saturated carbocycles. The molecular weight excluding hydrogens is 102 g/mol. The van der Waals surface area contributed by atoms with E-state index in [-0.39, 0.29) is 0 Å².